The van der Waals surface area contributed by atoms with Crippen molar-refractivity contribution in [1.29, 1.82) is 0 Å². The SMILES string of the molecule is O=C(O)c1ccc(NC(=O)c2ccc(-c3ccc(Cl)cc3)o2)cc1. The molecule has 0 bridgehead atoms. The van der Waals surface area contributed by atoms with Crippen LogP contribution in [0.3, 0.4) is 0 Å². The zero-order chi connectivity index (χ0) is 17.1. The van der Waals surface area contributed by atoms with Gasteiger partial charge in [0.05, 0.1) is 5.56 Å². The van der Waals surface area contributed by atoms with Gasteiger partial charge in [-0.05, 0) is 60.7 Å². The molecule has 0 saturated heterocycles. The number of anilines is 1. The van der Waals surface area contributed by atoms with Crippen molar-refractivity contribution in [3.05, 3.63) is 77.0 Å². The monoisotopic (exact) mass is 341 g/mol. The number of hydrogen-bond acceptors (Lipinski definition) is 3. The third kappa shape index (κ3) is 3.47. The molecule has 120 valence electrons. The summed E-state index contributed by atoms with van der Waals surface area (Å²) in [6.45, 7) is 0. The van der Waals surface area contributed by atoms with Crippen molar-refractivity contribution in [1.82, 2.24) is 0 Å². The molecule has 0 saturated carbocycles. The highest BCUT2D eigenvalue weighted by Crippen LogP contribution is 2.24. The van der Waals surface area contributed by atoms with Crippen molar-refractivity contribution in [2.75, 3.05) is 5.32 Å². The highest BCUT2D eigenvalue weighted by atomic mass is 35.5. The van der Waals surface area contributed by atoms with Gasteiger partial charge in [-0.2, -0.15) is 0 Å². The number of nitrogens with one attached hydrogen (secondary N) is 1. The summed E-state index contributed by atoms with van der Waals surface area (Å²) in [7, 11) is 0. The predicted molar refractivity (Wildman–Crippen MR) is 90.5 cm³/mol. The summed E-state index contributed by atoms with van der Waals surface area (Å²) in [4.78, 5) is 23.0. The van der Waals surface area contributed by atoms with E-state index in [2.05, 4.69) is 5.32 Å². The Kier molecular flexibility index (Phi) is 4.35. The summed E-state index contributed by atoms with van der Waals surface area (Å²) in [6, 6.07) is 16.2. The molecule has 2 aromatic carbocycles. The normalized spacial score (nSPS) is 10.4. The van der Waals surface area contributed by atoms with E-state index in [-0.39, 0.29) is 11.3 Å². The molecular formula is C18H12ClNO4. The van der Waals surface area contributed by atoms with E-state index in [1.807, 2.05) is 0 Å². The van der Waals surface area contributed by atoms with Crippen molar-refractivity contribution in [2.24, 2.45) is 0 Å². The minimum atomic E-state index is -1.02. The zero-order valence-electron chi connectivity index (χ0n) is 12.3. The van der Waals surface area contributed by atoms with E-state index in [1.165, 1.54) is 24.3 Å². The molecular weight excluding hydrogens is 330 g/mol. The maximum atomic E-state index is 12.2. The molecule has 2 N–H and O–H groups in total. The zero-order valence-corrected chi connectivity index (χ0v) is 13.1. The molecule has 0 radical (unpaired) electrons. The number of hydrogen-bond donors (Lipinski definition) is 2. The van der Waals surface area contributed by atoms with Crippen LogP contribution in [0.2, 0.25) is 5.02 Å². The van der Waals surface area contributed by atoms with Crippen LogP contribution in [0.15, 0.2) is 65.1 Å². The first-order chi connectivity index (χ1) is 11.5. The van der Waals surface area contributed by atoms with E-state index in [0.29, 0.717) is 16.5 Å². The van der Waals surface area contributed by atoms with Crippen molar-refractivity contribution < 1.29 is 19.1 Å². The van der Waals surface area contributed by atoms with Gasteiger partial charge >= 0.3 is 5.97 Å². The Hall–Kier alpha value is -3.05. The van der Waals surface area contributed by atoms with E-state index in [4.69, 9.17) is 21.1 Å². The smallest absolute Gasteiger partial charge is 0.335 e. The van der Waals surface area contributed by atoms with Crippen LogP contribution < -0.4 is 5.32 Å². The molecule has 3 aromatic rings. The minimum absolute atomic E-state index is 0.149. The lowest BCUT2D eigenvalue weighted by Crippen LogP contribution is -2.11. The van der Waals surface area contributed by atoms with Gasteiger partial charge in [0.1, 0.15) is 5.76 Å². The number of carbonyl (C=O) groups excluding carboxylic acids is 1. The summed E-state index contributed by atoms with van der Waals surface area (Å²) in [5, 5.41) is 12.1. The Bertz CT molecular complexity index is 882. The standard InChI is InChI=1S/C18H12ClNO4/c19-13-5-1-11(2-6-13)15-9-10-16(24-15)17(21)20-14-7-3-12(4-8-14)18(22)23/h1-10H,(H,20,21)(H,22,23). The van der Waals surface area contributed by atoms with Crippen LogP contribution in [0.25, 0.3) is 11.3 Å². The fourth-order valence-electron chi connectivity index (χ4n) is 2.12. The average Bonchev–Trinajstić information content (AvgIpc) is 3.06. The van der Waals surface area contributed by atoms with Gasteiger partial charge in [0.2, 0.25) is 0 Å². The number of carboxylic acids is 1. The lowest BCUT2D eigenvalue weighted by Gasteiger charge is -2.03. The van der Waals surface area contributed by atoms with Gasteiger partial charge in [-0.25, -0.2) is 4.79 Å². The van der Waals surface area contributed by atoms with Gasteiger partial charge in [0, 0.05) is 16.3 Å². The molecule has 0 fully saturated rings. The lowest BCUT2D eigenvalue weighted by molar-refractivity contribution is 0.0696. The van der Waals surface area contributed by atoms with Gasteiger partial charge in [0.15, 0.2) is 5.76 Å². The van der Waals surface area contributed by atoms with E-state index in [9.17, 15) is 9.59 Å². The van der Waals surface area contributed by atoms with Crippen molar-refractivity contribution in [3.8, 4) is 11.3 Å². The number of furan rings is 1. The van der Waals surface area contributed by atoms with Crippen LogP contribution in [0.4, 0.5) is 5.69 Å². The first-order valence-electron chi connectivity index (χ1n) is 7.03. The molecule has 0 unspecified atom stereocenters. The van der Waals surface area contributed by atoms with Gasteiger partial charge in [0.25, 0.3) is 5.91 Å². The number of carbonyl (C=O) groups is 2. The molecule has 1 heterocycles. The summed E-state index contributed by atoms with van der Waals surface area (Å²) in [5.41, 5.74) is 1.44. The Morgan fingerprint density at radius 2 is 1.58 bits per heavy atom. The molecule has 24 heavy (non-hydrogen) atoms. The largest absolute Gasteiger partial charge is 0.478 e. The van der Waals surface area contributed by atoms with Gasteiger partial charge < -0.3 is 14.8 Å². The van der Waals surface area contributed by atoms with Crippen LogP contribution in [-0.2, 0) is 0 Å². The number of benzene rings is 2. The molecule has 1 aromatic heterocycles. The molecule has 6 heteroatoms. The number of rotatable bonds is 4. The first-order valence-corrected chi connectivity index (χ1v) is 7.41. The average molecular weight is 342 g/mol. The minimum Gasteiger partial charge on any atom is -0.478 e. The van der Waals surface area contributed by atoms with Crippen LogP contribution in [0, 0.1) is 0 Å². The maximum Gasteiger partial charge on any atom is 0.335 e. The Morgan fingerprint density at radius 3 is 2.21 bits per heavy atom. The van der Waals surface area contributed by atoms with E-state index < -0.39 is 11.9 Å². The molecule has 0 aliphatic carbocycles. The topological polar surface area (TPSA) is 79.5 Å². The number of carboxylic acid groups (broad SMARTS) is 1. The molecule has 0 atom stereocenters. The van der Waals surface area contributed by atoms with Crippen LogP contribution >= 0.6 is 11.6 Å². The molecule has 0 spiro atoms. The van der Waals surface area contributed by atoms with Crippen LogP contribution in [0.5, 0.6) is 0 Å². The Balaban J connectivity index is 1.73. The van der Waals surface area contributed by atoms with E-state index in [1.54, 1.807) is 36.4 Å². The third-order valence-corrected chi connectivity index (χ3v) is 3.60. The summed E-state index contributed by atoms with van der Waals surface area (Å²) >= 11 is 5.84. The molecule has 3 rings (SSSR count). The summed E-state index contributed by atoms with van der Waals surface area (Å²) in [6.07, 6.45) is 0. The third-order valence-electron chi connectivity index (χ3n) is 3.35. The number of amides is 1. The lowest BCUT2D eigenvalue weighted by atomic mass is 10.2. The fourth-order valence-corrected chi connectivity index (χ4v) is 2.24. The fraction of sp³-hybridized carbons (Fsp3) is 0. The highest BCUT2D eigenvalue weighted by Gasteiger charge is 2.13. The van der Waals surface area contributed by atoms with E-state index in [0.717, 1.165) is 5.56 Å². The predicted octanol–water partition coefficient (Wildman–Crippen LogP) is 4.55. The van der Waals surface area contributed by atoms with Crippen molar-refractivity contribution >= 4 is 29.2 Å². The molecule has 0 aliphatic heterocycles. The van der Waals surface area contributed by atoms with Crippen LogP contribution in [-0.4, -0.2) is 17.0 Å². The maximum absolute atomic E-state index is 12.2. The molecule has 1 amide bonds. The summed E-state index contributed by atoms with van der Waals surface area (Å²) < 4.78 is 5.56. The Morgan fingerprint density at radius 1 is 0.917 bits per heavy atom. The van der Waals surface area contributed by atoms with Crippen molar-refractivity contribution in [2.45, 2.75) is 0 Å². The second-order valence-corrected chi connectivity index (χ2v) is 5.44. The van der Waals surface area contributed by atoms with E-state index >= 15 is 0 Å². The highest BCUT2D eigenvalue weighted by molar-refractivity contribution is 6.30. The van der Waals surface area contributed by atoms with Crippen LogP contribution in [0.1, 0.15) is 20.9 Å². The van der Waals surface area contributed by atoms with Gasteiger partial charge in [-0.3, -0.25) is 4.79 Å². The number of halogens is 1. The first kappa shape index (κ1) is 15.8. The Labute approximate surface area is 142 Å². The quantitative estimate of drug-likeness (QED) is 0.729. The molecule has 0 aliphatic rings. The number of aromatic carboxylic acids is 1. The molecule has 5 nitrogen and oxygen atoms in total. The van der Waals surface area contributed by atoms with Gasteiger partial charge in [-0.1, -0.05) is 11.6 Å². The van der Waals surface area contributed by atoms with Gasteiger partial charge in [-0.15, -0.1) is 0 Å². The van der Waals surface area contributed by atoms with Crippen molar-refractivity contribution in [3.63, 3.8) is 0 Å². The summed E-state index contributed by atoms with van der Waals surface area (Å²) in [5.74, 6) is -0.731. The second-order valence-electron chi connectivity index (χ2n) is 5.01. The second kappa shape index (κ2) is 6.60.